The Kier molecular flexibility index (Phi) is 2.37. The number of hydrogen-bond acceptors (Lipinski definition) is 2. The molecule has 4 unspecified atom stereocenters. The van der Waals surface area contributed by atoms with Crippen molar-refractivity contribution in [2.75, 3.05) is 6.54 Å². The van der Waals surface area contributed by atoms with E-state index in [4.69, 9.17) is 5.11 Å². The number of hydrogen-bond donors (Lipinski definition) is 2. The predicted octanol–water partition coefficient (Wildman–Crippen LogP) is 1.15. The van der Waals surface area contributed by atoms with Crippen molar-refractivity contribution in [3.63, 3.8) is 0 Å². The number of fused-ring (bicyclic) bond motifs is 2. The van der Waals surface area contributed by atoms with Crippen LogP contribution in [0.2, 0.25) is 0 Å². The lowest BCUT2D eigenvalue weighted by atomic mass is 9.95. The first kappa shape index (κ1) is 8.52. The van der Waals surface area contributed by atoms with Crippen LogP contribution in [0.15, 0.2) is 0 Å². The molecule has 0 heterocycles. The average molecular weight is 169 g/mol. The van der Waals surface area contributed by atoms with Crippen LogP contribution in [0, 0.1) is 11.8 Å². The third-order valence-corrected chi connectivity index (χ3v) is 3.41. The van der Waals surface area contributed by atoms with Crippen molar-refractivity contribution in [1.29, 1.82) is 0 Å². The normalized spacial score (nSPS) is 42.0. The third kappa shape index (κ3) is 1.64. The van der Waals surface area contributed by atoms with Gasteiger partial charge < -0.3 is 10.4 Å². The van der Waals surface area contributed by atoms with Gasteiger partial charge in [-0.15, -0.1) is 0 Å². The first-order valence-electron chi connectivity index (χ1n) is 5.17. The zero-order valence-electron chi connectivity index (χ0n) is 7.79. The van der Waals surface area contributed by atoms with Crippen LogP contribution < -0.4 is 5.32 Å². The molecule has 2 fully saturated rings. The summed E-state index contributed by atoms with van der Waals surface area (Å²) in [5, 5.41) is 12.6. The van der Waals surface area contributed by atoms with E-state index in [-0.39, 0.29) is 6.10 Å². The number of rotatable bonds is 3. The molecule has 0 aromatic carbocycles. The summed E-state index contributed by atoms with van der Waals surface area (Å²) in [5.41, 5.74) is 0. The summed E-state index contributed by atoms with van der Waals surface area (Å²) in [6, 6.07) is 0.721. The van der Waals surface area contributed by atoms with Gasteiger partial charge in [0.05, 0.1) is 6.10 Å². The quantitative estimate of drug-likeness (QED) is 0.664. The van der Waals surface area contributed by atoms with E-state index in [1.165, 1.54) is 25.7 Å². The predicted molar refractivity (Wildman–Crippen MR) is 48.9 cm³/mol. The van der Waals surface area contributed by atoms with E-state index in [0.717, 1.165) is 24.4 Å². The topological polar surface area (TPSA) is 32.3 Å². The van der Waals surface area contributed by atoms with Crippen LogP contribution in [0.4, 0.5) is 0 Å². The van der Waals surface area contributed by atoms with Crippen LogP contribution in [0.25, 0.3) is 0 Å². The van der Waals surface area contributed by atoms with E-state index in [1.54, 1.807) is 0 Å². The Hall–Kier alpha value is -0.0800. The van der Waals surface area contributed by atoms with Gasteiger partial charge in [0.2, 0.25) is 0 Å². The maximum Gasteiger partial charge on any atom is 0.0636 e. The molecule has 4 atom stereocenters. The highest BCUT2D eigenvalue weighted by molar-refractivity contribution is 4.94. The van der Waals surface area contributed by atoms with Gasteiger partial charge in [0.25, 0.3) is 0 Å². The molecule has 2 nitrogen and oxygen atoms in total. The van der Waals surface area contributed by atoms with Gasteiger partial charge in [-0.1, -0.05) is 6.42 Å². The minimum absolute atomic E-state index is 0.191. The van der Waals surface area contributed by atoms with Crippen molar-refractivity contribution in [1.82, 2.24) is 5.32 Å². The molecule has 2 N–H and O–H groups in total. The van der Waals surface area contributed by atoms with Crippen LogP contribution in [-0.4, -0.2) is 23.8 Å². The molecule has 2 rings (SSSR count). The smallest absolute Gasteiger partial charge is 0.0636 e. The molecule has 0 spiro atoms. The van der Waals surface area contributed by atoms with Gasteiger partial charge in [0.15, 0.2) is 0 Å². The van der Waals surface area contributed by atoms with Crippen LogP contribution in [0.5, 0.6) is 0 Å². The zero-order chi connectivity index (χ0) is 8.55. The lowest BCUT2D eigenvalue weighted by Gasteiger charge is -2.23. The van der Waals surface area contributed by atoms with Crippen molar-refractivity contribution in [3.8, 4) is 0 Å². The Morgan fingerprint density at radius 3 is 2.75 bits per heavy atom. The first-order chi connectivity index (χ1) is 5.75. The van der Waals surface area contributed by atoms with Crippen LogP contribution in [-0.2, 0) is 0 Å². The largest absolute Gasteiger partial charge is 0.392 e. The molecule has 2 aliphatic rings. The van der Waals surface area contributed by atoms with Gasteiger partial charge in [-0.2, -0.15) is 0 Å². The molecule has 0 aromatic rings. The summed E-state index contributed by atoms with van der Waals surface area (Å²) in [5.74, 6) is 1.93. The Balaban J connectivity index is 1.76. The van der Waals surface area contributed by atoms with Crippen molar-refractivity contribution < 1.29 is 5.11 Å². The molecule has 0 aliphatic heterocycles. The minimum Gasteiger partial charge on any atom is -0.392 e. The van der Waals surface area contributed by atoms with Crippen molar-refractivity contribution in [2.45, 2.75) is 44.8 Å². The molecular formula is C10H19NO. The summed E-state index contributed by atoms with van der Waals surface area (Å²) in [4.78, 5) is 0. The van der Waals surface area contributed by atoms with Gasteiger partial charge >= 0.3 is 0 Å². The fourth-order valence-electron chi connectivity index (χ4n) is 2.82. The average Bonchev–Trinajstić information content (AvgIpc) is 2.60. The summed E-state index contributed by atoms with van der Waals surface area (Å²) in [6.45, 7) is 2.62. The molecule has 2 bridgehead atoms. The molecular weight excluding hydrogens is 150 g/mol. The van der Waals surface area contributed by atoms with Crippen LogP contribution in [0.3, 0.4) is 0 Å². The molecule has 2 saturated carbocycles. The van der Waals surface area contributed by atoms with Crippen LogP contribution in [0.1, 0.15) is 32.6 Å². The summed E-state index contributed by atoms with van der Waals surface area (Å²) in [7, 11) is 0. The van der Waals surface area contributed by atoms with E-state index < -0.39 is 0 Å². The van der Waals surface area contributed by atoms with E-state index in [9.17, 15) is 0 Å². The van der Waals surface area contributed by atoms with E-state index in [1.807, 2.05) is 6.92 Å². The highest BCUT2D eigenvalue weighted by Gasteiger charge is 2.38. The van der Waals surface area contributed by atoms with Gasteiger partial charge in [-0.05, 0) is 38.0 Å². The van der Waals surface area contributed by atoms with Crippen molar-refractivity contribution in [2.24, 2.45) is 11.8 Å². The maximum absolute atomic E-state index is 9.12. The third-order valence-electron chi connectivity index (χ3n) is 3.41. The monoisotopic (exact) mass is 169 g/mol. The molecule has 0 aromatic heterocycles. The lowest BCUT2D eigenvalue weighted by Crippen LogP contribution is -2.38. The fourth-order valence-corrected chi connectivity index (χ4v) is 2.82. The van der Waals surface area contributed by atoms with E-state index in [2.05, 4.69) is 5.32 Å². The second-order valence-electron chi connectivity index (χ2n) is 4.54. The molecule has 0 saturated heterocycles. The lowest BCUT2D eigenvalue weighted by molar-refractivity contribution is 0.179. The molecule has 2 heteroatoms. The number of aliphatic hydroxyl groups is 1. The van der Waals surface area contributed by atoms with Gasteiger partial charge in [0, 0.05) is 12.6 Å². The van der Waals surface area contributed by atoms with E-state index in [0.29, 0.717) is 0 Å². The van der Waals surface area contributed by atoms with Crippen molar-refractivity contribution >= 4 is 0 Å². The second kappa shape index (κ2) is 3.35. The number of nitrogens with one attached hydrogen (secondary N) is 1. The molecule has 12 heavy (non-hydrogen) atoms. The SMILES string of the molecule is CC(O)CNC1CC2CCC1C2. The maximum atomic E-state index is 9.12. The molecule has 0 radical (unpaired) electrons. The minimum atomic E-state index is -0.191. The Morgan fingerprint density at radius 1 is 1.42 bits per heavy atom. The summed E-state index contributed by atoms with van der Waals surface area (Å²) < 4.78 is 0. The Labute approximate surface area is 74.4 Å². The standard InChI is InChI=1S/C10H19NO/c1-7(12)6-11-10-5-8-2-3-9(10)4-8/h7-12H,2-6H2,1H3. The first-order valence-corrected chi connectivity index (χ1v) is 5.17. The summed E-state index contributed by atoms with van der Waals surface area (Å²) >= 11 is 0. The van der Waals surface area contributed by atoms with Crippen LogP contribution >= 0.6 is 0 Å². The van der Waals surface area contributed by atoms with Crippen molar-refractivity contribution in [3.05, 3.63) is 0 Å². The second-order valence-corrected chi connectivity index (χ2v) is 4.54. The van der Waals surface area contributed by atoms with Gasteiger partial charge in [-0.25, -0.2) is 0 Å². The molecule has 70 valence electrons. The van der Waals surface area contributed by atoms with Gasteiger partial charge in [0.1, 0.15) is 0 Å². The van der Waals surface area contributed by atoms with E-state index >= 15 is 0 Å². The Morgan fingerprint density at radius 2 is 2.25 bits per heavy atom. The fraction of sp³-hybridized carbons (Fsp3) is 1.00. The molecule has 0 amide bonds. The Bertz CT molecular complexity index is 158. The molecule has 2 aliphatic carbocycles. The highest BCUT2D eigenvalue weighted by atomic mass is 16.3. The zero-order valence-corrected chi connectivity index (χ0v) is 7.79. The summed E-state index contributed by atoms with van der Waals surface area (Å²) in [6.07, 6.45) is 5.48. The van der Waals surface area contributed by atoms with Gasteiger partial charge in [-0.3, -0.25) is 0 Å². The highest BCUT2D eigenvalue weighted by Crippen LogP contribution is 2.44. The number of aliphatic hydroxyl groups excluding tert-OH is 1.